The first-order chi connectivity index (χ1) is 7.20. The van der Waals surface area contributed by atoms with Crippen LogP contribution in [0.5, 0.6) is 0 Å². The summed E-state index contributed by atoms with van der Waals surface area (Å²) in [4.78, 5) is 15.1. The third-order valence-electron chi connectivity index (χ3n) is 2.63. The fourth-order valence-corrected chi connectivity index (χ4v) is 1.78. The molecule has 1 fully saturated rings. The Bertz CT molecular complexity index is 403. The second-order valence-corrected chi connectivity index (χ2v) is 3.73. The third-order valence-corrected chi connectivity index (χ3v) is 2.63. The maximum atomic E-state index is 11.5. The highest BCUT2D eigenvalue weighted by molar-refractivity contribution is 5.24. The molecule has 1 aromatic rings. The van der Waals surface area contributed by atoms with E-state index in [9.17, 15) is 4.79 Å². The molecule has 2 rings (SSSR count). The lowest BCUT2D eigenvalue weighted by Gasteiger charge is -2.19. The molecule has 0 spiro atoms. The Morgan fingerprint density at radius 1 is 1.67 bits per heavy atom. The minimum absolute atomic E-state index is 0.160. The zero-order valence-corrected chi connectivity index (χ0v) is 8.33. The Hall–Kier alpha value is -1.56. The van der Waals surface area contributed by atoms with Crippen LogP contribution in [-0.2, 0) is 0 Å². The predicted octanol–water partition coefficient (Wildman–Crippen LogP) is -1.22. The molecule has 0 unspecified atom stereocenters. The lowest BCUT2D eigenvalue weighted by molar-refractivity contribution is 0.237. The molecule has 82 valence electrons. The van der Waals surface area contributed by atoms with E-state index in [4.69, 9.17) is 10.8 Å². The average Bonchev–Trinajstić information content (AvgIpc) is 2.66. The van der Waals surface area contributed by atoms with Gasteiger partial charge >= 0.3 is 5.69 Å². The largest absolute Gasteiger partial charge is 0.396 e. The summed E-state index contributed by atoms with van der Waals surface area (Å²) in [7, 11) is 0. The molecule has 0 bridgehead atoms. The Labute approximate surface area is 86.9 Å². The third kappa shape index (κ3) is 1.94. The molecule has 6 heteroatoms. The van der Waals surface area contributed by atoms with Crippen molar-refractivity contribution in [2.75, 3.05) is 30.4 Å². The van der Waals surface area contributed by atoms with Crippen LogP contribution in [0.4, 0.5) is 5.82 Å². The molecule has 1 saturated heterocycles. The number of nitrogens with zero attached hydrogens (tertiary/aromatic N) is 3. The van der Waals surface area contributed by atoms with E-state index < -0.39 is 0 Å². The van der Waals surface area contributed by atoms with Crippen molar-refractivity contribution in [3.63, 3.8) is 0 Å². The van der Waals surface area contributed by atoms with Crippen LogP contribution in [0.25, 0.3) is 0 Å². The van der Waals surface area contributed by atoms with E-state index in [1.165, 1.54) is 4.68 Å². The van der Waals surface area contributed by atoms with Crippen molar-refractivity contribution in [1.82, 2.24) is 9.66 Å². The number of nitrogens with two attached hydrogens (primary N) is 1. The SMILES string of the molecule is Nc1ccn(N2CC[C@@H](CO)C2)c(=O)n1. The number of aliphatic hydroxyl groups excluding tert-OH is 1. The van der Waals surface area contributed by atoms with Gasteiger partial charge in [-0.2, -0.15) is 4.98 Å². The fourth-order valence-electron chi connectivity index (χ4n) is 1.78. The number of nitrogen functional groups attached to an aromatic ring is 1. The van der Waals surface area contributed by atoms with E-state index in [1.807, 2.05) is 5.01 Å². The van der Waals surface area contributed by atoms with Crippen LogP contribution < -0.4 is 16.4 Å². The van der Waals surface area contributed by atoms with Gasteiger partial charge in [0.15, 0.2) is 0 Å². The molecule has 1 aliphatic heterocycles. The summed E-state index contributed by atoms with van der Waals surface area (Å²) in [6.45, 7) is 1.60. The van der Waals surface area contributed by atoms with Crippen molar-refractivity contribution in [3.8, 4) is 0 Å². The zero-order valence-electron chi connectivity index (χ0n) is 8.33. The van der Waals surface area contributed by atoms with E-state index in [0.29, 0.717) is 6.54 Å². The highest BCUT2D eigenvalue weighted by Gasteiger charge is 2.22. The van der Waals surface area contributed by atoms with E-state index >= 15 is 0 Å². The monoisotopic (exact) mass is 210 g/mol. The molecular weight excluding hydrogens is 196 g/mol. The van der Waals surface area contributed by atoms with Gasteiger partial charge < -0.3 is 15.8 Å². The van der Waals surface area contributed by atoms with Gasteiger partial charge in [0, 0.05) is 31.8 Å². The van der Waals surface area contributed by atoms with Crippen molar-refractivity contribution in [2.45, 2.75) is 6.42 Å². The molecule has 0 aromatic carbocycles. The van der Waals surface area contributed by atoms with Crippen LogP contribution >= 0.6 is 0 Å². The molecule has 1 aliphatic rings. The summed E-state index contributed by atoms with van der Waals surface area (Å²) >= 11 is 0. The summed E-state index contributed by atoms with van der Waals surface area (Å²) in [6.07, 6.45) is 2.51. The van der Waals surface area contributed by atoms with E-state index in [2.05, 4.69) is 4.98 Å². The van der Waals surface area contributed by atoms with Crippen molar-refractivity contribution < 1.29 is 5.11 Å². The average molecular weight is 210 g/mol. The van der Waals surface area contributed by atoms with Gasteiger partial charge in [-0.1, -0.05) is 0 Å². The summed E-state index contributed by atoms with van der Waals surface area (Å²) < 4.78 is 1.45. The lowest BCUT2D eigenvalue weighted by Crippen LogP contribution is -2.41. The molecular formula is C9H14N4O2. The Kier molecular flexibility index (Phi) is 2.59. The van der Waals surface area contributed by atoms with Crippen LogP contribution in [0, 0.1) is 5.92 Å². The Morgan fingerprint density at radius 2 is 2.47 bits per heavy atom. The number of hydrogen-bond acceptors (Lipinski definition) is 5. The Morgan fingerprint density at radius 3 is 3.07 bits per heavy atom. The van der Waals surface area contributed by atoms with E-state index in [0.717, 1.165) is 13.0 Å². The topological polar surface area (TPSA) is 84.4 Å². The highest BCUT2D eigenvalue weighted by Crippen LogP contribution is 2.13. The molecule has 1 aromatic heterocycles. The minimum atomic E-state index is -0.367. The summed E-state index contributed by atoms with van der Waals surface area (Å²) in [5.74, 6) is 0.476. The standard InChI is InChI=1S/C9H14N4O2/c10-8-2-4-13(9(15)11-8)12-3-1-7(5-12)6-14/h2,4,7,14H,1,3,5-6H2,(H2,10,11,15)/t7-/m1/s1. The number of aliphatic hydroxyl groups is 1. The van der Waals surface area contributed by atoms with Gasteiger partial charge in [0.05, 0.1) is 0 Å². The molecule has 0 saturated carbocycles. The number of aromatic nitrogens is 2. The first-order valence-electron chi connectivity index (χ1n) is 4.92. The summed E-state index contributed by atoms with van der Waals surface area (Å²) in [5.41, 5.74) is 5.03. The summed E-state index contributed by atoms with van der Waals surface area (Å²) in [6, 6.07) is 1.59. The lowest BCUT2D eigenvalue weighted by atomic mass is 10.1. The van der Waals surface area contributed by atoms with Crippen LogP contribution in [0.2, 0.25) is 0 Å². The molecule has 15 heavy (non-hydrogen) atoms. The second kappa shape index (κ2) is 3.90. The van der Waals surface area contributed by atoms with Crippen LogP contribution in [0.3, 0.4) is 0 Å². The maximum absolute atomic E-state index is 11.5. The van der Waals surface area contributed by atoms with Gasteiger partial charge in [0.2, 0.25) is 0 Å². The predicted molar refractivity (Wildman–Crippen MR) is 56.1 cm³/mol. The minimum Gasteiger partial charge on any atom is -0.396 e. The fraction of sp³-hybridized carbons (Fsp3) is 0.556. The van der Waals surface area contributed by atoms with Gasteiger partial charge in [0.25, 0.3) is 0 Å². The second-order valence-electron chi connectivity index (χ2n) is 3.73. The van der Waals surface area contributed by atoms with Gasteiger partial charge in [-0.3, -0.25) is 0 Å². The molecule has 0 aliphatic carbocycles. The Balaban J connectivity index is 2.20. The molecule has 0 amide bonds. The van der Waals surface area contributed by atoms with Gasteiger partial charge in [-0.05, 0) is 12.5 Å². The van der Waals surface area contributed by atoms with Gasteiger partial charge in [0.1, 0.15) is 5.82 Å². The number of rotatable bonds is 2. The van der Waals surface area contributed by atoms with Crippen LogP contribution in [0.1, 0.15) is 6.42 Å². The first-order valence-corrected chi connectivity index (χ1v) is 4.92. The smallest absolute Gasteiger partial charge is 0.368 e. The van der Waals surface area contributed by atoms with Gasteiger partial charge in [-0.15, -0.1) is 0 Å². The van der Waals surface area contributed by atoms with Crippen molar-refractivity contribution in [2.24, 2.45) is 5.92 Å². The number of anilines is 1. The highest BCUT2D eigenvalue weighted by atomic mass is 16.3. The van der Waals surface area contributed by atoms with Gasteiger partial charge in [-0.25, -0.2) is 9.47 Å². The van der Waals surface area contributed by atoms with Crippen molar-refractivity contribution >= 4 is 5.82 Å². The normalized spacial score (nSPS) is 20.9. The van der Waals surface area contributed by atoms with Crippen LogP contribution in [-0.4, -0.2) is 34.5 Å². The van der Waals surface area contributed by atoms with E-state index in [-0.39, 0.29) is 24.0 Å². The molecule has 6 nitrogen and oxygen atoms in total. The summed E-state index contributed by atoms with van der Waals surface area (Å²) in [5, 5.41) is 10.9. The molecule has 0 radical (unpaired) electrons. The zero-order chi connectivity index (χ0) is 10.8. The number of hydrogen-bond donors (Lipinski definition) is 2. The maximum Gasteiger partial charge on any atom is 0.368 e. The van der Waals surface area contributed by atoms with Crippen molar-refractivity contribution in [3.05, 3.63) is 22.7 Å². The molecule has 1 atom stereocenters. The van der Waals surface area contributed by atoms with E-state index in [1.54, 1.807) is 12.3 Å². The van der Waals surface area contributed by atoms with Crippen LogP contribution in [0.15, 0.2) is 17.1 Å². The van der Waals surface area contributed by atoms with Crippen molar-refractivity contribution in [1.29, 1.82) is 0 Å². The first kappa shape index (κ1) is 9.97. The molecule has 3 N–H and O–H groups in total. The quantitative estimate of drug-likeness (QED) is 0.639. The molecule has 2 heterocycles.